The molecular weight excluding hydrogens is 344 g/mol. The molecule has 0 spiro atoms. The van der Waals surface area contributed by atoms with Crippen molar-refractivity contribution in [3.05, 3.63) is 66.0 Å². The molecular formula is C20H17N4O3-. The molecule has 7 nitrogen and oxygen atoms in total. The van der Waals surface area contributed by atoms with Crippen molar-refractivity contribution < 1.29 is 14.6 Å². The quantitative estimate of drug-likeness (QED) is 0.667. The fraction of sp³-hybridized carbons (Fsp3) is 0.150. The lowest BCUT2D eigenvalue weighted by molar-refractivity contribution is -0.307. The van der Waals surface area contributed by atoms with Crippen LogP contribution in [0.5, 0.6) is 5.75 Å². The highest BCUT2D eigenvalue weighted by Crippen LogP contribution is 2.29. The van der Waals surface area contributed by atoms with Gasteiger partial charge in [0.1, 0.15) is 11.6 Å². The van der Waals surface area contributed by atoms with Gasteiger partial charge in [-0.05, 0) is 55.0 Å². The van der Waals surface area contributed by atoms with Gasteiger partial charge < -0.3 is 24.9 Å². The number of nitrogens with zero attached hydrogens (tertiary/aromatic N) is 2. The second-order valence-electron chi connectivity index (χ2n) is 5.75. The number of nitrogens with one attached hydrogen (secondary N) is 2. The molecule has 0 aliphatic carbocycles. The molecule has 0 radical (unpaired) electrons. The summed E-state index contributed by atoms with van der Waals surface area (Å²) in [7, 11) is 0. The van der Waals surface area contributed by atoms with E-state index in [0.29, 0.717) is 40.6 Å². The standard InChI is InChI=1S/C20H18N4O3/c1-2-27-17-10-14(9-15(11-17)19-22-7-8-23-19)18(20(25)26)24-16-5-3-13(12-21)4-6-16/h3-11,18,24H,2H2,1H3,(H,22,23)(H,25,26)/p-1. The SMILES string of the molecule is CCOc1cc(-c2ncc[nH]2)cc(C(Nc2ccc(C#N)cc2)C(=O)[O-])c1. The molecule has 7 heteroatoms. The van der Waals surface area contributed by atoms with Gasteiger partial charge in [0.15, 0.2) is 0 Å². The summed E-state index contributed by atoms with van der Waals surface area (Å²) in [5, 5.41) is 23.6. The fourth-order valence-corrected chi connectivity index (χ4v) is 2.68. The van der Waals surface area contributed by atoms with Gasteiger partial charge in [-0.2, -0.15) is 5.26 Å². The van der Waals surface area contributed by atoms with Crippen molar-refractivity contribution in [3.8, 4) is 23.2 Å². The summed E-state index contributed by atoms with van der Waals surface area (Å²) in [6.07, 6.45) is 3.31. The molecule has 1 atom stereocenters. The number of carboxylic acids is 1. The number of H-pyrrole nitrogens is 1. The minimum Gasteiger partial charge on any atom is -0.548 e. The Bertz CT molecular complexity index is 960. The maximum Gasteiger partial charge on any atom is 0.137 e. The molecule has 0 aliphatic heterocycles. The molecule has 0 saturated heterocycles. The fourth-order valence-electron chi connectivity index (χ4n) is 2.68. The van der Waals surface area contributed by atoms with Gasteiger partial charge >= 0.3 is 0 Å². The number of imidazole rings is 1. The number of rotatable bonds is 7. The second kappa shape index (κ2) is 8.06. The number of aromatic amines is 1. The van der Waals surface area contributed by atoms with Gasteiger partial charge in [0.2, 0.25) is 0 Å². The molecule has 0 bridgehead atoms. The van der Waals surface area contributed by atoms with Gasteiger partial charge in [-0.15, -0.1) is 0 Å². The van der Waals surface area contributed by atoms with E-state index in [4.69, 9.17) is 10.00 Å². The molecule has 0 amide bonds. The van der Waals surface area contributed by atoms with E-state index in [1.54, 1.807) is 54.9 Å². The number of hydrogen-bond donors (Lipinski definition) is 2. The lowest BCUT2D eigenvalue weighted by Crippen LogP contribution is -2.34. The molecule has 0 saturated carbocycles. The summed E-state index contributed by atoms with van der Waals surface area (Å²) in [6, 6.07) is 12.6. The van der Waals surface area contributed by atoms with Crippen LogP contribution in [0.15, 0.2) is 54.9 Å². The van der Waals surface area contributed by atoms with Gasteiger partial charge in [-0.25, -0.2) is 4.98 Å². The van der Waals surface area contributed by atoms with Gasteiger partial charge in [0, 0.05) is 23.6 Å². The van der Waals surface area contributed by atoms with E-state index in [2.05, 4.69) is 15.3 Å². The number of aliphatic carboxylic acids is 1. The first-order valence-electron chi connectivity index (χ1n) is 8.36. The molecule has 3 rings (SSSR count). The number of carboxylic acid groups (broad SMARTS) is 1. The maximum absolute atomic E-state index is 11.8. The third-order valence-corrected chi connectivity index (χ3v) is 3.91. The summed E-state index contributed by atoms with van der Waals surface area (Å²) in [5.74, 6) is -0.138. The zero-order valence-corrected chi connectivity index (χ0v) is 14.6. The van der Waals surface area contributed by atoms with Crippen LogP contribution in [0, 0.1) is 11.3 Å². The number of carbonyl (C=O) groups is 1. The number of benzene rings is 2. The van der Waals surface area contributed by atoms with Crippen LogP contribution < -0.4 is 15.2 Å². The molecule has 136 valence electrons. The maximum atomic E-state index is 11.8. The third kappa shape index (κ3) is 4.25. The Morgan fingerprint density at radius 1 is 1.33 bits per heavy atom. The molecule has 2 N–H and O–H groups in total. The van der Waals surface area contributed by atoms with Crippen molar-refractivity contribution in [2.24, 2.45) is 0 Å². The predicted octanol–water partition coefficient (Wildman–Crippen LogP) is 2.25. The largest absolute Gasteiger partial charge is 0.548 e. The Balaban J connectivity index is 1.98. The van der Waals surface area contributed by atoms with E-state index in [9.17, 15) is 9.90 Å². The van der Waals surface area contributed by atoms with Crippen molar-refractivity contribution >= 4 is 11.7 Å². The molecule has 1 heterocycles. The van der Waals surface area contributed by atoms with E-state index in [0.717, 1.165) is 0 Å². The van der Waals surface area contributed by atoms with Crippen molar-refractivity contribution in [2.45, 2.75) is 13.0 Å². The number of ether oxygens (including phenoxy) is 1. The van der Waals surface area contributed by atoms with Crippen LogP contribution in [0.1, 0.15) is 24.1 Å². The summed E-state index contributed by atoms with van der Waals surface area (Å²) >= 11 is 0. The lowest BCUT2D eigenvalue weighted by atomic mass is 10.0. The van der Waals surface area contributed by atoms with Crippen LogP contribution in [-0.4, -0.2) is 22.5 Å². The minimum absolute atomic E-state index is 0.445. The molecule has 1 aromatic heterocycles. The monoisotopic (exact) mass is 361 g/mol. The number of nitriles is 1. The molecule has 1 unspecified atom stereocenters. The van der Waals surface area contributed by atoms with Crippen LogP contribution >= 0.6 is 0 Å². The molecule has 2 aromatic carbocycles. The highest BCUT2D eigenvalue weighted by molar-refractivity contribution is 5.79. The van der Waals surface area contributed by atoms with E-state index >= 15 is 0 Å². The van der Waals surface area contributed by atoms with Crippen molar-refractivity contribution in [2.75, 3.05) is 11.9 Å². The van der Waals surface area contributed by atoms with Crippen molar-refractivity contribution in [3.63, 3.8) is 0 Å². The number of anilines is 1. The summed E-state index contributed by atoms with van der Waals surface area (Å²) in [6.45, 7) is 2.30. The van der Waals surface area contributed by atoms with Crippen molar-refractivity contribution in [1.82, 2.24) is 9.97 Å². The number of aromatic nitrogens is 2. The van der Waals surface area contributed by atoms with Crippen LogP contribution in [0.25, 0.3) is 11.4 Å². The molecule has 3 aromatic rings. The van der Waals surface area contributed by atoms with Crippen LogP contribution in [0.4, 0.5) is 5.69 Å². The molecule has 27 heavy (non-hydrogen) atoms. The van der Waals surface area contributed by atoms with Gasteiger partial charge in [0.25, 0.3) is 0 Å². The van der Waals surface area contributed by atoms with Crippen LogP contribution in [0.2, 0.25) is 0 Å². The van der Waals surface area contributed by atoms with Crippen LogP contribution in [0.3, 0.4) is 0 Å². The first-order valence-corrected chi connectivity index (χ1v) is 8.36. The van der Waals surface area contributed by atoms with E-state index in [1.165, 1.54) is 0 Å². The van der Waals surface area contributed by atoms with E-state index in [1.807, 2.05) is 13.0 Å². The van der Waals surface area contributed by atoms with E-state index in [-0.39, 0.29) is 0 Å². The van der Waals surface area contributed by atoms with E-state index < -0.39 is 12.0 Å². The first-order chi connectivity index (χ1) is 13.1. The number of carbonyl (C=O) groups excluding carboxylic acids is 1. The van der Waals surface area contributed by atoms with Gasteiger partial charge in [0.05, 0.1) is 30.3 Å². The normalized spacial score (nSPS) is 11.4. The number of hydrogen-bond acceptors (Lipinski definition) is 6. The Hall–Kier alpha value is -3.79. The Kier molecular flexibility index (Phi) is 5.38. The van der Waals surface area contributed by atoms with Crippen LogP contribution in [-0.2, 0) is 4.79 Å². The molecule has 0 fully saturated rings. The topological polar surface area (TPSA) is 114 Å². The zero-order valence-electron chi connectivity index (χ0n) is 14.6. The van der Waals surface area contributed by atoms with Crippen molar-refractivity contribution in [1.29, 1.82) is 5.26 Å². The van der Waals surface area contributed by atoms with Gasteiger partial charge in [-0.1, -0.05) is 0 Å². The highest BCUT2D eigenvalue weighted by Gasteiger charge is 2.16. The summed E-state index contributed by atoms with van der Waals surface area (Å²) < 4.78 is 5.58. The summed E-state index contributed by atoms with van der Waals surface area (Å²) in [5.41, 5.74) is 2.22. The second-order valence-corrected chi connectivity index (χ2v) is 5.75. The zero-order chi connectivity index (χ0) is 19.2. The highest BCUT2D eigenvalue weighted by atomic mass is 16.5. The average molecular weight is 361 g/mol. The molecule has 0 aliphatic rings. The Morgan fingerprint density at radius 2 is 2.11 bits per heavy atom. The smallest absolute Gasteiger partial charge is 0.137 e. The minimum atomic E-state index is -1.28. The predicted molar refractivity (Wildman–Crippen MR) is 97.7 cm³/mol. The van der Waals surface area contributed by atoms with Gasteiger partial charge in [-0.3, -0.25) is 0 Å². The Labute approximate surface area is 156 Å². The Morgan fingerprint density at radius 3 is 2.70 bits per heavy atom. The first kappa shape index (κ1) is 18.0. The third-order valence-electron chi connectivity index (χ3n) is 3.91. The average Bonchev–Trinajstić information content (AvgIpc) is 3.21. The summed E-state index contributed by atoms with van der Waals surface area (Å²) in [4.78, 5) is 19.0. The lowest BCUT2D eigenvalue weighted by Gasteiger charge is -2.22.